The van der Waals surface area contributed by atoms with Gasteiger partial charge in [-0.1, -0.05) is 24.3 Å². The van der Waals surface area contributed by atoms with E-state index >= 15 is 0 Å². The molecule has 2 amide bonds. The Labute approximate surface area is 127 Å². The summed E-state index contributed by atoms with van der Waals surface area (Å²) in [4.78, 5) is 17.7. The van der Waals surface area contributed by atoms with Crippen molar-refractivity contribution in [3.05, 3.63) is 52.6 Å². The Hall–Kier alpha value is -2.14. The molecule has 1 heterocycles. The first-order chi connectivity index (χ1) is 10.1. The number of carbonyl (C=O) groups is 1. The van der Waals surface area contributed by atoms with Gasteiger partial charge < -0.3 is 5.32 Å². The molecule has 0 aliphatic heterocycles. The summed E-state index contributed by atoms with van der Waals surface area (Å²) in [5.41, 5.74) is 4.22. The van der Waals surface area contributed by atoms with Gasteiger partial charge in [0.05, 0.1) is 5.69 Å². The van der Waals surface area contributed by atoms with Crippen LogP contribution in [-0.4, -0.2) is 11.0 Å². The molecule has 1 aliphatic carbocycles. The van der Waals surface area contributed by atoms with Crippen molar-refractivity contribution in [3.63, 3.8) is 0 Å². The fourth-order valence-corrected chi connectivity index (χ4v) is 3.44. The summed E-state index contributed by atoms with van der Waals surface area (Å²) in [6, 6.07) is 7.44. The Morgan fingerprint density at radius 2 is 2.19 bits per heavy atom. The van der Waals surface area contributed by atoms with Gasteiger partial charge in [-0.05, 0) is 37.5 Å². The fraction of sp³-hybridized carbons (Fsp3) is 0.250. The van der Waals surface area contributed by atoms with Crippen LogP contribution in [0.2, 0.25) is 0 Å². The summed E-state index contributed by atoms with van der Waals surface area (Å²) in [7, 11) is 0. The summed E-state index contributed by atoms with van der Waals surface area (Å²) >= 11 is 1.54. The van der Waals surface area contributed by atoms with E-state index in [1.807, 2.05) is 31.2 Å². The Balaban J connectivity index is 1.66. The fourth-order valence-electron chi connectivity index (χ4n) is 2.36. The standard InChI is InChI=1S/C16H17N3OS/c1-10-4-3-5-12(8-10)17-15(20)19-16-18-13-7-6-11(2)9-14(13)21-16/h3-5,8H,2,6-7,9H2,1H3,(H2,17,18,19,20). The number of aromatic nitrogens is 1. The zero-order valence-electron chi connectivity index (χ0n) is 11.9. The van der Waals surface area contributed by atoms with Gasteiger partial charge in [-0.15, -0.1) is 11.3 Å². The van der Waals surface area contributed by atoms with E-state index in [1.54, 1.807) is 0 Å². The minimum absolute atomic E-state index is 0.259. The molecule has 0 bridgehead atoms. The lowest BCUT2D eigenvalue weighted by Gasteiger charge is -2.10. The predicted octanol–water partition coefficient (Wildman–Crippen LogP) is 4.14. The van der Waals surface area contributed by atoms with E-state index in [9.17, 15) is 4.79 Å². The zero-order chi connectivity index (χ0) is 14.8. The van der Waals surface area contributed by atoms with Gasteiger partial charge in [-0.2, -0.15) is 0 Å². The maximum absolute atomic E-state index is 12.0. The minimum Gasteiger partial charge on any atom is -0.308 e. The summed E-state index contributed by atoms with van der Waals surface area (Å²) in [5, 5.41) is 6.28. The van der Waals surface area contributed by atoms with Crippen molar-refractivity contribution in [1.82, 2.24) is 4.98 Å². The van der Waals surface area contributed by atoms with Crippen LogP contribution < -0.4 is 10.6 Å². The first-order valence-corrected chi connectivity index (χ1v) is 7.72. The lowest BCUT2D eigenvalue weighted by Crippen LogP contribution is -2.19. The van der Waals surface area contributed by atoms with Crippen molar-refractivity contribution in [2.24, 2.45) is 0 Å². The molecule has 4 nitrogen and oxygen atoms in total. The molecule has 0 spiro atoms. The van der Waals surface area contributed by atoms with Crippen molar-refractivity contribution in [1.29, 1.82) is 0 Å². The molecule has 21 heavy (non-hydrogen) atoms. The lowest BCUT2D eigenvalue weighted by molar-refractivity contribution is 0.262. The molecule has 0 unspecified atom stereocenters. The first-order valence-electron chi connectivity index (χ1n) is 6.90. The molecule has 0 saturated heterocycles. The van der Waals surface area contributed by atoms with E-state index < -0.39 is 0 Å². The highest BCUT2D eigenvalue weighted by Crippen LogP contribution is 2.31. The molecule has 1 aliphatic rings. The number of rotatable bonds is 2. The van der Waals surface area contributed by atoms with E-state index in [0.717, 1.165) is 36.2 Å². The average molecular weight is 299 g/mol. The van der Waals surface area contributed by atoms with Gasteiger partial charge in [0, 0.05) is 17.0 Å². The molecule has 108 valence electrons. The maximum atomic E-state index is 12.0. The molecule has 1 aromatic carbocycles. The third-order valence-electron chi connectivity index (χ3n) is 3.40. The van der Waals surface area contributed by atoms with Gasteiger partial charge in [-0.25, -0.2) is 9.78 Å². The second kappa shape index (κ2) is 5.69. The number of anilines is 2. The highest BCUT2D eigenvalue weighted by atomic mass is 32.1. The Kier molecular flexibility index (Phi) is 3.75. The van der Waals surface area contributed by atoms with Gasteiger partial charge in [-0.3, -0.25) is 5.32 Å². The van der Waals surface area contributed by atoms with E-state index in [-0.39, 0.29) is 6.03 Å². The van der Waals surface area contributed by atoms with Crippen LogP contribution in [0.25, 0.3) is 0 Å². The molecule has 2 N–H and O–H groups in total. The predicted molar refractivity (Wildman–Crippen MR) is 87.1 cm³/mol. The number of allylic oxidation sites excluding steroid dienone is 1. The normalized spacial score (nSPS) is 13.7. The third-order valence-corrected chi connectivity index (χ3v) is 4.41. The SMILES string of the molecule is C=C1CCc2nc(NC(=O)Nc3cccc(C)c3)sc2C1. The van der Waals surface area contributed by atoms with Crippen molar-refractivity contribution in [2.45, 2.75) is 26.2 Å². The molecule has 0 saturated carbocycles. The number of benzene rings is 1. The van der Waals surface area contributed by atoms with Crippen molar-refractivity contribution in [2.75, 3.05) is 10.6 Å². The van der Waals surface area contributed by atoms with Crippen LogP contribution in [-0.2, 0) is 12.8 Å². The molecule has 0 radical (unpaired) electrons. The van der Waals surface area contributed by atoms with Crippen LogP contribution in [0.5, 0.6) is 0 Å². The number of hydrogen-bond donors (Lipinski definition) is 2. The summed E-state index contributed by atoms with van der Waals surface area (Å²) in [6.07, 6.45) is 2.80. The van der Waals surface area contributed by atoms with Gasteiger partial charge in [0.2, 0.25) is 0 Å². The van der Waals surface area contributed by atoms with Crippen LogP contribution in [0.15, 0.2) is 36.4 Å². The first kappa shape index (κ1) is 13.8. The van der Waals surface area contributed by atoms with Gasteiger partial charge >= 0.3 is 6.03 Å². The molecule has 2 aromatic rings. The Morgan fingerprint density at radius 3 is 3.00 bits per heavy atom. The quantitative estimate of drug-likeness (QED) is 0.819. The maximum Gasteiger partial charge on any atom is 0.325 e. The third kappa shape index (κ3) is 3.31. The Morgan fingerprint density at radius 1 is 1.33 bits per heavy atom. The average Bonchev–Trinajstić information content (AvgIpc) is 2.79. The van der Waals surface area contributed by atoms with E-state index in [4.69, 9.17) is 0 Å². The number of carbonyl (C=O) groups excluding carboxylic acids is 1. The topological polar surface area (TPSA) is 54.0 Å². The number of aryl methyl sites for hydroxylation is 2. The summed E-state index contributed by atoms with van der Waals surface area (Å²) in [6.45, 7) is 6.02. The molecular formula is C16H17N3OS. The highest BCUT2D eigenvalue weighted by Gasteiger charge is 2.18. The van der Waals surface area contributed by atoms with Crippen LogP contribution in [0.4, 0.5) is 15.6 Å². The molecule has 0 fully saturated rings. The number of hydrogen-bond acceptors (Lipinski definition) is 3. The number of urea groups is 1. The number of thiazole rings is 1. The Bertz CT molecular complexity index is 705. The highest BCUT2D eigenvalue weighted by molar-refractivity contribution is 7.15. The van der Waals surface area contributed by atoms with E-state index in [1.165, 1.54) is 21.8 Å². The number of nitrogens with zero attached hydrogens (tertiary/aromatic N) is 1. The molecule has 5 heteroatoms. The van der Waals surface area contributed by atoms with Crippen molar-refractivity contribution >= 4 is 28.2 Å². The summed E-state index contributed by atoms with van der Waals surface area (Å²) in [5.74, 6) is 0. The van der Waals surface area contributed by atoms with Crippen LogP contribution in [0.3, 0.4) is 0 Å². The lowest BCUT2D eigenvalue weighted by atomic mass is 9.99. The van der Waals surface area contributed by atoms with Gasteiger partial charge in [0.1, 0.15) is 0 Å². The largest absolute Gasteiger partial charge is 0.325 e. The number of amides is 2. The second-order valence-electron chi connectivity index (χ2n) is 5.26. The molecule has 1 aromatic heterocycles. The molecular weight excluding hydrogens is 282 g/mol. The second-order valence-corrected chi connectivity index (χ2v) is 6.35. The molecule has 0 atom stereocenters. The van der Waals surface area contributed by atoms with Gasteiger partial charge in [0.25, 0.3) is 0 Å². The van der Waals surface area contributed by atoms with Crippen LogP contribution >= 0.6 is 11.3 Å². The van der Waals surface area contributed by atoms with Crippen LogP contribution in [0.1, 0.15) is 22.6 Å². The number of fused-ring (bicyclic) bond motifs is 1. The van der Waals surface area contributed by atoms with E-state index in [0.29, 0.717) is 5.13 Å². The van der Waals surface area contributed by atoms with Crippen molar-refractivity contribution < 1.29 is 4.79 Å². The minimum atomic E-state index is -0.259. The van der Waals surface area contributed by atoms with Crippen LogP contribution in [0, 0.1) is 6.92 Å². The molecule has 3 rings (SSSR count). The number of nitrogens with one attached hydrogen (secondary N) is 2. The van der Waals surface area contributed by atoms with Crippen molar-refractivity contribution in [3.8, 4) is 0 Å². The smallest absolute Gasteiger partial charge is 0.308 e. The van der Waals surface area contributed by atoms with Gasteiger partial charge in [0.15, 0.2) is 5.13 Å². The summed E-state index contributed by atoms with van der Waals surface area (Å²) < 4.78 is 0. The van der Waals surface area contributed by atoms with E-state index in [2.05, 4.69) is 22.2 Å². The monoisotopic (exact) mass is 299 g/mol. The zero-order valence-corrected chi connectivity index (χ0v) is 12.7.